The summed E-state index contributed by atoms with van der Waals surface area (Å²) in [6.45, 7) is -3.04. The van der Waals surface area contributed by atoms with Crippen molar-refractivity contribution in [2.24, 2.45) is 0 Å². The molecule has 1 unspecified atom stereocenters. The minimum atomic E-state index is -3.04. The molecule has 0 radical (unpaired) electrons. The average molecular weight is 253 g/mol. The molecular weight excluding hydrogens is 248 g/mol. The van der Waals surface area contributed by atoms with Crippen molar-refractivity contribution in [1.29, 1.82) is 5.26 Å². The first-order valence-corrected chi connectivity index (χ1v) is 5.83. The Hall–Kier alpha value is -1.19. The van der Waals surface area contributed by atoms with Gasteiger partial charge in [-0.3, -0.25) is 0 Å². The van der Waals surface area contributed by atoms with E-state index in [0.717, 1.165) is 0 Å². The Morgan fingerprint density at radius 3 is 2.67 bits per heavy atom. The van der Waals surface area contributed by atoms with E-state index in [4.69, 9.17) is 15.9 Å². The number of hydrogen-bond donors (Lipinski definition) is 0. The van der Waals surface area contributed by atoms with Crippen LogP contribution >= 0.6 is 10.7 Å². The van der Waals surface area contributed by atoms with Crippen molar-refractivity contribution in [3.8, 4) is 11.8 Å². The minimum Gasteiger partial charge on any atom is -0.433 e. The molecule has 1 rings (SSSR count). The highest BCUT2D eigenvalue weighted by Crippen LogP contribution is 2.26. The maximum atomic E-state index is 11.9. The normalized spacial score (nSPS) is 12.2. The molecule has 0 fully saturated rings. The molecule has 1 aromatic carbocycles. The molecule has 0 aliphatic carbocycles. The molecule has 1 atom stereocenters. The van der Waals surface area contributed by atoms with Gasteiger partial charge in [-0.25, -0.2) is 0 Å². The maximum absolute atomic E-state index is 11.9. The molecule has 0 aliphatic rings. The molecule has 0 amide bonds. The highest BCUT2D eigenvalue weighted by atomic mass is 35.7. The average Bonchev–Trinajstić information content (AvgIpc) is 2.16. The lowest BCUT2D eigenvalue weighted by atomic mass is 10.2. The van der Waals surface area contributed by atoms with Crippen LogP contribution in [0.2, 0.25) is 0 Å². The summed E-state index contributed by atoms with van der Waals surface area (Å²) in [6.07, 6.45) is 0. The van der Waals surface area contributed by atoms with Crippen LogP contribution in [0.4, 0.5) is 8.78 Å². The molecule has 1 aromatic rings. The third-order valence-corrected chi connectivity index (χ3v) is 2.82. The molecule has 0 N–H and O–H groups in total. The van der Waals surface area contributed by atoms with Gasteiger partial charge >= 0.3 is 6.61 Å². The van der Waals surface area contributed by atoms with Gasteiger partial charge in [-0.05, 0) is 12.1 Å². The number of hydrogen-bond acceptors (Lipinski definition) is 3. The number of benzene rings is 1. The van der Waals surface area contributed by atoms with E-state index >= 15 is 0 Å². The monoisotopic (exact) mass is 252 g/mol. The number of nitrogens with zero attached hydrogens (tertiary/aromatic N) is 1. The van der Waals surface area contributed by atoms with E-state index in [1.807, 2.05) is 0 Å². The van der Waals surface area contributed by atoms with E-state index < -0.39 is 16.6 Å². The molecule has 0 spiro atoms. The van der Waals surface area contributed by atoms with Crippen molar-refractivity contribution in [2.45, 2.75) is 11.5 Å². The quantitative estimate of drug-likeness (QED) is 0.471. The van der Waals surface area contributed by atoms with Crippen LogP contribution < -0.4 is 4.74 Å². The molecule has 3 nitrogen and oxygen atoms in total. The molecule has 0 aliphatic heterocycles. The Morgan fingerprint density at radius 1 is 1.53 bits per heavy atom. The molecule has 80 valence electrons. The topological polar surface area (TPSA) is 50.1 Å². The second kappa shape index (κ2) is 5.05. The van der Waals surface area contributed by atoms with Gasteiger partial charge < -0.3 is 4.74 Å². The summed E-state index contributed by atoms with van der Waals surface area (Å²) in [5.41, 5.74) is -0.228. The summed E-state index contributed by atoms with van der Waals surface area (Å²) < 4.78 is 38.9. The SMILES string of the molecule is N#Cc1c(OC(F)F)cccc1[SH+](=O)Cl. The number of halogens is 3. The van der Waals surface area contributed by atoms with Crippen LogP contribution in [0, 0.1) is 11.3 Å². The first-order valence-electron chi connectivity index (χ1n) is 3.67. The Balaban J connectivity index is 3.24. The van der Waals surface area contributed by atoms with Crippen LogP contribution in [-0.4, -0.2) is 6.61 Å². The van der Waals surface area contributed by atoms with E-state index in [-0.39, 0.29) is 16.2 Å². The summed E-state index contributed by atoms with van der Waals surface area (Å²) in [5.74, 6) is -0.325. The van der Waals surface area contributed by atoms with Crippen molar-refractivity contribution in [2.75, 3.05) is 0 Å². The molecular formula is C8H5ClF2NO2S+. The van der Waals surface area contributed by atoms with Crippen LogP contribution in [-0.2, 0) is 14.2 Å². The summed E-state index contributed by atoms with van der Waals surface area (Å²) in [4.78, 5) is -0.00711. The molecule has 0 bridgehead atoms. The third-order valence-electron chi connectivity index (χ3n) is 1.52. The number of nitriles is 1. The van der Waals surface area contributed by atoms with Crippen molar-refractivity contribution in [3.05, 3.63) is 23.8 Å². The molecule has 0 aromatic heterocycles. The van der Waals surface area contributed by atoms with Gasteiger partial charge in [0.1, 0.15) is 11.8 Å². The van der Waals surface area contributed by atoms with Gasteiger partial charge in [0.05, 0.1) is 0 Å². The zero-order valence-electron chi connectivity index (χ0n) is 7.15. The number of alkyl halides is 2. The van der Waals surface area contributed by atoms with Crippen LogP contribution in [0.5, 0.6) is 5.75 Å². The molecule has 7 heteroatoms. The zero-order chi connectivity index (χ0) is 11.4. The predicted octanol–water partition coefficient (Wildman–Crippen LogP) is 2.37. The van der Waals surface area contributed by atoms with Crippen LogP contribution in [0.25, 0.3) is 0 Å². The standard InChI is InChI=1S/C8H4ClF2NO2S/c9-15(13)7-3-1-2-6(5(7)4-12)14-8(10)11/h1-3,8H/p+1. The largest absolute Gasteiger partial charge is 0.433 e. The Bertz CT molecular complexity index is 433. The number of ether oxygens (including phenoxy) is 1. The summed E-state index contributed by atoms with van der Waals surface area (Å²) in [6, 6.07) is 5.47. The van der Waals surface area contributed by atoms with Gasteiger partial charge in [-0.15, -0.1) is 0 Å². The molecule has 0 saturated heterocycles. The van der Waals surface area contributed by atoms with Gasteiger partial charge in [-0.2, -0.15) is 14.0 Å². The highest BCUT2D eigenvalue weighted by molar-refractivity contribution is 8.08. The fraction of sp³-hybridized carbons (Fsp3) is 0.125. The van der Waals surface area contributed by atoms with Crippen LogP contribution in [0.1, 0.15) is 5.56 Å². The Kier molecular flexibility index (Phi) is 4.00. The fourth-order valence-electron chi connectivity index (χ4n) is 0.973. The molecule has 15 heavy (non-hydrogen) atoms. The summed E-state index contributed by atoms with van der Waals surface area (Å²) in [5, 5.41) is 8.70. The number of rotatable bonds is 3. The van der Waals surface area contributed by atoms with Gasteiger partial charge in [0.15, 0.2) is 21.1 Å². The van der Waals surface area contributed by atoms with Crippen molar-refractivity contribution >= 4 is 20.7 Å². The molecule has 0 saturated carbocycles. The second-order valence-corrected chi connectivity index (χ2v) is 4.28. The summed E-state index contributed by atoms with van der Waals surface area (Å²) in [7, 11) is 3.02. The maximum Gasteiger partial charge on any atom is 0.387 e. The predicted molar refractivity (Wildman–Crippen MR) is 51.4 cm³/mol. The van der Waals surface area contributed by atoms with Gasteiger partial charge in [0.2, 0.25) is 10.0 Å². The highest BCUT2D eigenvalue weighted by Gasteiger charge is 2.20. The lowest BCUT2D eigenvalue weighted by Gasteiger charge is -2.05. The smallest absolute Gasteiger partial charge is 0.387 e. The minimum absolute atomic E-state index is 0.00711. The van der Waals surface area contributed by atoms with E-state index in [0.29, 0.717) is 0 Å². The van der Waals surface area contributed by atoms with Crippen molar-refractivity contribution in [3.63, 3.8) is 0 Å². The zero-order valence-corrected chi connectivity index (χ0v) is 8.80. The Labute approximate surface area is 91.2 Å². The van der Waals surface area contributed by atoms with E-state index in [9.17, 15) is 13.0 Å². The van der Waals surface area contributed by atoms with Crippen LogP contribution in [0.3, 0.4) is 0 Å². The third kappa shape index (κ3) is 2.88. The van der Waals surface area contributed by atoms with Gasteiger partial charge in [0, 0.05) is 0 Å². The lowest BCUT2D eigenvalue weighted by Crippen LogP contribution is -2.04. The van der Waals surface area contributed by atoms with Gasteiger partial charge in [-0.1, -0.05) is 10.3 Å². The van der Waals surface area contributed by atoms with Crippen molar-refractivity contribution < 1.29 is 17.7 Å². The fourth-order valence-corrected chi connectivity index (χ4v) is 1.93. The first kappa shape index (κ1) is 11.9. The first-order chi connectivity index (χ1) is 7.06. The van der Waals surface area contributed by atoms with Crippen LogP contribution in [0.15, 0.2) is 23.1 Å². The summed E-state index contributed by atoms with van der Waals surface area (Å²) >= 11 is 0. The van der Waals surface area contributed by atoms with Crippen molar-refractivity contribution in [1.82, 2.24) is 0 Å². The van der Waals surface area contributed by atoms with E-state index in [2.05, 4.69) is 4.74 Å². The second-order valence-electron chi connectivity index (χ2n) is 2.39. The Morgan fingerprint density at radius 2 is 2.20 bits per heavy atom. The molecule has 0 heterocycles. The number of thiol groups is 1. The lowest BCUT2D eigenvalue weighted by molar-refractivity contribution is -0.0501. The van der Waals surface area contributed by atoms with E-state index in [1.165, 1.54) is 18.2 Å². The van der Waals surface area contributed by atoms with Gasteiger partial charge in [0.25, 0.3) is 0 Å². The van der Waals surface area contributed by atoms with E-state index in [1.54, 1.807) is 6.07 Å².